The molecule has 5 heteroatoms. The molecule has 0 amide bonds. The molecule has 0 aliphatic rings. The molecule has 2 aromatic rings. The third-order valence-corrected chi connectivity index (χ3v) is 3.72. The molecule has 0 bridgehead atoms. The maximum Gasteiger partial charge on any atom is 0.143 e. The third kappa shape index (κ3) is 3.15. The molecule has 0 atom stereocenters. The first-order chi connectivity index (χ1) is 9.55. The van der Waals surface area contributed by atoms with E-state index in [9.17, 15) is 0 Å². The summed E-state index contributed by atoms with van der Waals surface area (Å²) in [5.41, 5.74) is 4.54. The maximum atomic E-state index is 5.44. The SMILES string of the molecule is CCc1nn(C)cc1CNc1c(C)cc(Br)cc1OC. The molecule has 0 saturated carbocycles. The van der Waals surface area contributed by atoms with E-state index in [1.807, 2.05) is 17.8 Å². The lowest BCUT2D eigenvalue weighted by atomic mass is 10.1. The highest BCUT2D eigenvalue weighted by Gasteiger charge is 2.10. The van der Waals surface area contributed by atoms with Crippen LogP contribution >= 0.6 is 15.9 Å². The fourth-order valence-electron chi connectivity index (χ4n) is 2.31. The molecule has 0 saturated heterocycles. The van der Waals surface area contributed by atoms with Gasteiger partial charge in [0.25, 0.3) is 0 Å². The largest absolute Gasteiger partial charge is 0.495 e. The normalized spacial score (nSPS) is 10.7. The van der Waals surface area contributed by atoms with E-state index in [0.29, 0.717) is 0 Å². The van der Waals surface area contributed by atoms with Crippen LogP contribution in [-0.2, 0) is 20.0 Å². The summed E-state index contributed by atoms with van der Waals surface area (Å²) >= 11 is 3.49. The second kappa shape index (κ2) is 6.31. The fourth-order valence-corrected chi connectivity index (χ4v) is 2.86. The van der Waals surface area contributed by atoms with Gasteiger partial charge in [-0.3, -0.25) is 4.68 Å². The summed E-state index contributed by atoms with van der Waals surface area (Å²) in [6.45, 7) is 4.94. The quantitative estimate of drug-likeness (QED) is 0.904. The molecule has 0 spiro atoms. The number of halogens is 1. The Morgan fingerprint density at radius 1 is 1.40 bits per heavy atom. The van der Waals surface area contributed by atoms with Gasteiger partial charge in [-0.1, -0.05) is 22.9 Å². The fraction of sp³-hybridized carbons (Fsp3) is 0.400. The molecule has 2 rings (SSSR count). The van der Waals surface area contributed by atoms with E-state index in [2.05, 4.69) is 52.5 Å². The molecule has 0 aliphatic heterocycles. The number of aryl methyl sites for hydroxylation is 3. The van der Waals surface area contributed by atoms with Gasteiger partial charge in [0.05, 0.1) is 18.5 Å². The van der Waals surface area contributed by atoms with Gasteiger partial charge in [-0.15, -0.1) is 0 Å². The van der Waals surface area contributed by atoms with Gasteiger partial charge in [0, 0.05) is 29.8 Å². The molecule has 1 heterocycles. The van der Waals surface area contributed by atoms with Crippen molar-refractivity contribution in [3.05, 3.63) is 39.6 Å². The number of benzene rings is 1. The molecular formula is C15H20BrN3O. The lowest BCUT2D eigenvalue weighted by Gasteiger charge is -2.14. The highest BCUT2D eigenvalue weighted by Crippen LogP contribution is 2.32. The van der Waals surface area contributed by atoms with E-state index in [4.69, 9.17) is 4.74 Å². The number of nitrogens with one attached hydrogen (secondary N) is 1. The molecule has 108 valence electrons. The van der Waals surface area contributed by atoms with Crippen LogP contribution in [0.4, 0.5) is 5.69 Å². The second-order valence-electron chi connectivity index (χ2n) is 4.78. The zero-order valence-corrected chi connectivity index (χ0v) is 13.9. The summed E-state index contributed by atoms with van der Waals surface area (Å²) in [7, 11) is 3.64. The highest BCUT2D eigenvalue weighted by atomic mass is 79.9. The number of ether oxygens (including phenoxy) is 1. The predicted molar refractivity (Wildman–Crippen MR) is 85.3 cm³/mol. The third-order valence-electron chi connectivity index (χ3n) is 3.27. The number of aromatic nitrogens is 2. The number of methoxy groups -OCH3 is 1. The Labute approximate surface area is 128 Å². The van der Waals surface area contributed by atoms with Crippen molar-refractivity contribution in [3.8, 4) is 5.75 Å². The van der Waals surface area contributed by atoms with Gasteiger partial charge in [-0.05, 0) is 31.0 Å². The monoisotopic (exact) mass is 337 g/mol. The van der Waals surface area contributed by atoms with Crippen LogP contribution in [0.3, 0.4) is 0 Å². The molecular weight excluding hydrogens is 318 g/mol. The van der Waals surface area contributed by atoms with Crippen LogP contribution in [0.1, 0.15) is 23.7 Å². The molecule has 20 heavy (non-hydrogen) atoms. The number of hydrogen-bond donors (Lipinski definition) is 1. The summed E-state index contributed by atoms with van der Waals surface area (Å²) in [6.07, 6.45) is 3.00. The van der Waals surface area contributed by atoms with Crippen LogP contribution in [0.2, 0.25) is 0 Å². The molecule has 0 radical (unpaired) electrons. The molecule has 1 aromatic heterocycles. The van der Waals surface area contributed by atoms with Gasteiger partial charge in [-0.25, -0.2) is 0 Å². The highest BCUT2D eigenvalue weighted by molar-refractivity contribution is 9.10. The van der Waals surface area contributed by atoms with E-state index in [1.54, 1.807) is 7.11 Å². The average molecular weight is 338 g/mol. The zero-order chi connectivity index (χ0) is 14.7. The number of anilines is 1. The van der Waals surface area contributed by atoms with Crippen LogP contribution in [0.15, 0.2) is 22.8 Å². The van der Waals surface area contributed by atoms with Crippen LogP contribution < -0.4 is 10.1 Å². The smallest absolute Gasteiger partial charge is 0.143 e. The molecule has 0 fully saturated rings. The summed E-state index contributed by atoms with van der Waals surface area (Å²) in [5.74, 6) is 0.846. The van der Waals surface area contributed by atoms with E-state index < -0.39 is 0 Å². The van der Waals surface area contributed by atoms with E-state index in [0.717, 1.165) is 40.1 Å². The zero-order valence-electron chi connectivity index (χ0n) is 12.3. The van der Waals surface area contributed by atoms with Crippen molar-refractivity contribution < 1.29 is 4.74 Å². The Kier molecular flexibility index (Phi) is 4.70. The molecule has 0 aliphatic carbocycles. The number of rotatable bonds is 5. The lowest BCUT2D eigenvalue weighted by molar-refractivity contribution is 0.416. The first-order valence-electron chi connectivity index (χ1n) is 6.64. The van der Waals surface area contributed by atoms with Crippen molar-refractivity contribution in [2.24, 2.45) is 7.05 Å². The minimum Gasteiger partial charge on any atom is -0.495 e. The van der Waals surface area contributed by atoms with Gasteiger partial charge >= 0.3 is 0 Å². The average Bonchev–Trinajstić information content (AvgIpc) is 2.77. The number of nitrogens with zero attached hydrogens (tertiary/aromatic N) is 2. The van der Waals surface area contributed by atoms with Gasteiger partial charge in [0.2, 0.25) is 0 Å². The van der Waals surface area contributed by atoms with Crippen molar-refractivity contribution in [2.75, 3.05) is 12.4 Å². The summed E-state index contributed by atoms with van der Waals surface area (Å²) in [5, 5.41) is 7.92. The van der Waals surface area contributed by atoms with E-state index in [1.165, 1.54) is 5.56 Å². The van der Waals surface area contributed by atoms with Crippen molar-refractivity contribution in [3.63, 3.8) is 0 Å². The predicted octanol–water partition coefficient (Wildman–Crippen LogP) is 3.67. The van der Waals surface area contributed by atoms with Crippen LogP contribution in [-0.4, -0.2) is 16.9 Å². The Hall–Kier alpha value is -1.49. The molecule has 4 nitrogen and oxygen atoms in total. The van der Waals surface area contributed by atoms with Gasteiger partial charge in [0.15, 0.2) is 0 Å². The van der Waals surface area contributed by atoms with E-state index >= 15 is 0 Å². The first kappa shape index (κ1) is 14.9. The Bertz CT molecular complexity index is 607. The summed E-state index contributed by atoms with van der Waals surface area (Å²) < 4.78 is 8.33. The second-order valence-corrected chi connectivity index (χ2v) is 5.70. The lowest BCUT2D eigenvalue weighted by Crippen LogP contribution is -2.04. The van der Waals surface area contributed by atoms with Crippen LogP contribution in [0.5, 0.6) is 5.75 Å². The van der Waals surface area contributed by atoms with E-state index in [-0.39, 0.29) is 0 Å². The Morgan fingerprint density at radius 2 is 2.15 bits per heavy atom. The molecule has 1 aromatic carbocycles. The number of hydrogen-bond acceptors (Lipinski definition) is 3. The van der Waals surface area contributed by atoms with Crippen molar-refractivity contribution in [1.29, 1.82) is 0 Å². The Balaban J connectivity index is 2.22. The van der Waals surface area contributed by atoms with Crippen molar-refractivity contribution >= 4 is 21.6 Å². The van der Waals surface area contributed by atoms with Gasteiger partial charge in [0.1, 0.15) is 5.75 Å². The first-order valence-corrected chi connectivity index (χ1v) is 7.43. The van der Waals surface area contributed by atoms with Gasteiger partial charge < -0.3 is 10.1 Å². The maximum absolute atomic E-state index is 5.44. The summed E-state index contributed by atoms with van der Waals surface area (Å²) in [6, 6.07) is 4.05. The standard InChI is InChI=1S/C15H20BrN3O/c1-5-13-11(9-19(3)18-13)8-17-15-10(2)6-12(16)7-14(15)20-4/h6-7,9,17H,5,8H2,1-4H3. The van der Waals surface area contributed by atoms with Crippen LogP contribution in [0.25, 0.3) is 0 Å². The Morgan fingerprint density at radius 3 is 2.80 bits per heavy atom. The molecule has 0 unspecified atom stereocenters. The minimum absolute atomic E-state index is 0.746. The van der Waals surface area contributed by atoms with Crippen molar-refractivity contribution in [1.82, 2.24) is 9.78 Å². The molecule has 1 N–H and O–H groups in total. The van der Waals surface area contributed by atoms with Crippen LogP contribution in [0, 0.1) is 6.92 Å². The minimum atomic E-state index is 0.746. The van der Waals surface area contributed by atoms with Crippen molar-refractivity contribution in [2.45, 2.75) is 26.8 Å². The van der Waals surface area contributed by atoms with Gasteiger partial charge in [-0.2, -0.15) is 5.10 Å². The topological polar surface area (TPSA) is 39.1 Å². The summed E-state index contributed by atoms with van der Waals surface area (Å²) in [4.78, 5) is 0.